The molecule has 2 rings (SSSR count). The average Bonchev–Trinajstić information content (AvgIpc) is 2.58. The van der Waals surface area contributed by atoms with Crippen molar-refractivity contribution in [3.8, 4) is 0 Å². The minimum absolute atomic E-state index is 0.0170. The minimum atomic E-state index is -0.277. The number of rotatable bonds is 1. The zero-order valence-corrected chi connectivity index (χ0v) is 11.8. The van der Waals surface area contributed by atoms with E-state index in [1.165, 1.54) is 0 Å². The highest BCUT2D eigenvalue weighted by Crippen LogP contribution is 2.43. The summed E-state index contributed by atoms with van der Waals surface area (Å²) < 4.78 is 3.40. The van der Waals surface area contributed by atoms with Gasteiger partial charge in [0.25, 0.3) is 0 Å². The Hall–Kier alpha value is -1.03. The summed E-state index contributed by atoms with van der Waals surface area (Å²) in [4.78, 5) is 12.1. The lowest BCUT2D eigenvalue weighted by Gasteiger charge is -2.42. The van der Waals surface area contributed by atoms with Crippen molar-refractivity contribution in [2.24, 2.45) is 18.4 Å². The predicted molar refractivity (Wildman–Crippen MR) is 71.5 cm³/mol. The molecule has 18 heavy (non-hydrogen) atoms. The van der Waals surface area contributed by atoms with Gasteiger partial charge in [0, 0.05) is 25.5 Å². The summed E-state index contributed by atoms with van der Waals surface area (Å²) in [5, 5.41) is 9.90. The summed E-state index contributed by atoms with van der Waals surface area (Å²) in [6.07, 6.45) is 5.88. The van der Waals surface area contributed by atoms with Crippen LogP contribution >= 0.6 is 0 Å². The molecule has 1 heterocycles. The van der Waals surface area contributed by atoms with Gasteiger partial charge in [-0.05, 0) is 30.6 Å². The van der Waals surface area contributed by atoms with Crippen molar-refractivity contribution in [1.29, 1.82) is 0 Å². The minimum Gasteiger partial charge on any atom is -0.393 e. The smallest absolute Gasteiger partial charge is 0.328 e. The van der Waals surface area contributed by atoms with Gasteiger partial charge in [0.1, 0.15) is 0 Å². The van der Waals surface area contributed by atoms with Gasteiger partial charge in [-0.2, -0.15) is 0 Å². The lowest BCUT2D eigenvalue weighted by atomic mass is 9.69. The molecular weight excluding hydrogens is 228 g/mol. The molecule has 1 aromatic rings. The Balaban J connectivity index is 2.37. The van der Waals surface area contributed by atoms with Gasteiger partial charge in [-0.1, -0.05) is 20.8 Å². The SMILES string of the molecule is Cn1ccn(C2CC(O)CCC2C(C)(C)C)c1=O. The number of aliphatic hydroxyl groups is 1. The van der Waals surface area contributed by atoms with Crippen molar-refractivity contribution in [3.05, 3.63) is 22.9 Å². The van der Waals surface area contributed by atoms with Gasteiger partial charge in [0.15, 0.2) is 0 Å². The summed E-state index contributed by atoms with van der Waals surface area (Å²) in [5.74, 6) is 0.431. The average molecular weight is 252 g/mol. The molecule has 0 radical (unpaired) electrons. The molecule has 0 bridgehead atoms. The van der Waals surface area contributed by atoms with Crippen LogP contribution in [0.25, 0.3) is 0 Å². The van der Waals surface area contributed by atoms with Crippen molar-refractivity contribution >= 4 is 0 Å². The summed E-state index contributed by atoms with van der Waals surface area (Å²) in [5.41, 5.74) is 0.170. The van der Waals surface area contributed by atoms with Crippen LogP contribution in [0.4, 0.5) is 0 Å². The van der Waals surface area contributed by atoms with Crippen LogP contribution in [-0.2, 0) is 7.05 Å². The monoisotopic (exact) mass is 252 g/mol. The molecule has 0 amide bonds. The van der Waals surface area contributed by atoms with E-state index in [2.05, 4.69) is 20.8 Å². The molecule has 3 unspecified atom stereocenters. The fourth-order valence-corrected chi connectivity index (χ4v) is 3.18. The van der Waals surface area contributed by atoms with E-state index in [1.54, 1.807) is 22.4 Å². The number of hydrogen-bond acceptors (Lipinski definition) is 2. The first-order valence-electron chi connectivity index (χ1n) is 6.72. The van der Waals surface area contributed by atoms with E-state index < -0.39 is 0 Å². The fourth-order valence-electron chi connectivity index (χ4n) is 3.18. The Morgan fingerprint density at radius 2 is 1.94 bits per heavy atom. The van der Waals surface area contributed by atoms with E-state index in [-0.39, 0.29) is 23.3 Å². The van der Waals surface area contributed by atoms with Crippen LogP contribution in [0.2, 0.25) is 0 Å². The number of nitrogens with zero attached hydrogens (tertiary/aromatic N) is 2. The first-order chi connectivity index (χ1) is 8.30. The molecule has 1 aliphatic rings. The Labute approximate surface area is 108 Å². The second kappa shape index (κ2) is 4.57. The molecule has 1 aliphatic carbocycles. The Morgan fingerprint density at radius 1 is 1.28 bits per heavy atom. The normalized spacial score (nSPS) is 29.5. The second-order valence-corrected chi connectivity index (χ2v) is 6.61. The highest BCUT2D eigenvalue weighted by Gasteiger charge is 2.38. The molecule has 0 aromatic carbocycles. The van der Waals surface area contributed by atoms with Crippen LogP contribution in [-0.4, -0.2) is 20.3 Å². The number of imidazole rings is 1. The molecule has 1 aromatic heterocycles. The van der Waals surface area contributed by atoms with E-state index in [0.29, 0.717) is 12.3 Å². The molecule has 1 fully saturated rings. The third kappa shape index (κ3) is 2.39. The lowest BCUT2D eigenvalue weighted by Crippen LogP contribution is -2.40. The molecule has 0 saturated heterocycles. The quantitative estimate of drug-likeness (QED) is 0.830. The first kappa shape index (κ1) is 13.4. The molecule has 4 heteroatoms. The van der Waals surface area contributed by atoms with Crippen molar-refractivity contribution < 1.29 is 5.11 Å². The molecule has 3 atom stereocenters. The standard InChI is InChI=1S/C14H24N2O2/c1-14(2,3)11-6-5-10(17)9-12(11)16-8-7-15(4)13(16)18/h7-8,10-12,17H,5-6,9H2,1-4H3. The van der Waals surface area contributed by atoms with Crippen molar-refractivity contribution in [2.75, 3.05) is 0 Å². The Morgan fingerprint density at radius 3 is 2.44 bits per heavy atom. The molecule has 1 N–H and O–H groups in total. The predicted octanol–water partition coefficient (Wildman–Crippen LogP) is 1.93. The van der Waals surface area contributed by atoms with Gasteiger partial charge in [-0.25, -0.2) is 4.79 Å². The van der Waals surface area contributed by atoms with Gasteiger partial charge in [-0.15, -0.1) is 0 Å². The maximum atomic E-state index is 12.1. The van der Waals surface area contributed by atoms with Gasteiger partial charge >= 0.3 is 5.69 Å². The van der Waals surface area contributed by atoms with E-state index in [4.69, 9.17) is 0 Å². The van der Waals surface area contributed by atoms with E-state index in [1.807, 2.05) is 6.20 Å². The molecule has 0 aliphatic heterocycles. The molecule has 4 nitrogen and oxygen atoms in total. The van der Waals surface area contributed by atoms with Gasteiger partial charge in [-0.3, -0.25) is 4.57 Å². The van der Waals surface area contributed by atoms with Crippen LogP contribution < -0.4 is 5.69 Å². The van der Waals surface area contributed by atoms with Crippen LogP contribution in [0, 0.1) is 11.3 Å². The number of aryl methyl sites for hydroxylation is 1. The summed E-state index contributed by atoms with van der Waals surface area (Å²) in [7, 11) is 1.77. The molecule has 102 valence electrons. The Bertz CT molecular complexity index is 467. The van der Waals surface area contributed by atoms with Crippen LogP contribution in [0.1, 0.15) is 46.1 Å². The maximum Gasteiger partial charge on any atom is 0.328 e. The van der Waals surface area contributed by atoms with Crippen molar-refractivity contribution in [3.63, 3.8) is 0 Å². The summed E-state index contributed by atoms with van der Waals surface area (Å²) in [6.45, 7) is 6.66. The lowest BCUT2D eigenvalue weighted by molar-refractivity contribution is 0.0287. The molecular formula is C14H24N2O2. The van der Waals surface area contributed by atoms with Crippen molar-refractivity contribution in [2.45, 2.75) is 52.2 Å². The summed E-state index contributed by atoms with van der Waals surface area (Å²) in [6, 6.07) is 0.113. The number of aromatic nitrogens is 2. The van der Waals surface area contributed by atoms with Crippen LogP contribution in [0.3, 0.4) is 0 Å². The second-order valence-electron chi connectivity index (χ2n) is 6.61. The zero-order valence-electron chi connectivity index (χ0n) is 11.8. The van der Waals surface area contributed by atoms with E-state index in [9.17, 15) is 9.90 Å². The number of aliphatic hydroxyl groups excluding tert-OH is 1. The van der Waals surface area contributed by atoms with Gasteiger partial charge < -0.3 is 9.67 Å². The summed E-state index contributed by atoms with van der Waals surface area (Å²) >= 11 is 0. The maximum absolute atomic E-state index is 12.1. The van der Waals surface area contributed by atoms with Crippen molar-refractivity contribution in [1.82, 2.24) is 9.13 Å². The van der Waals surface area contributed by atoms with Crippen LogP contribution in [0.15, 0.2) is 17.2 Å². The molecule has 1 saturated carbocycles. The third-order valence-corrected chi connectivity index (χ3v) is 4.23. The van der Waals surface area contributed by atoms with E-state index >= 15 is 0 Å². The third-order valence-electron chi connectivity index (χ3n) is 4.23. The fraction of sp³-hybridized carbons (Fsp3) is 0.786. The van der Waals surface area contributed by atoms with Gasteiger partial charge in [0.2, 0.25) is 0 Å². The van der Waals surface area contributed by atoms with E-state index in [0.717, 1.165) is 12.8 Å². The molecule has 0 spiro atoms. The number of hydrogen-bond donors (Lipinski definition) is 1. The largest absolute Gasteiger partial charge is 0.393 e. The van der Waals surface area contributed by atoms with Gasteiger partial charge in [0.05, 0.1) is 6.10 Å². The van der Waals surface area contributed by atoms with Crippen LogP contribution in [0.5, 0.6) is 0 Å². The highest BCUT2D eigenvalue weighted by atomic mass is 16.3. The first-order valence-corrected chi connectivity index (χ1v) is 6.72. The topological polar surface area (TPSA) is 47.2 Å². The highest BCUT2D eigenvalue weighted by molar-refractivity contribution is 4.94. The zero-order chi connectivity index (χ0) is 13.5. The Kier molecular flexibility index (Phi) is 3.41.